The number of hydrogen-bond acceptors (Lipinski definition) is 5. The van der Waals surface area contributed by atoms with E-state index in [0.717, 1.165) is 10.5 Å². The van der Waals surface area contributed by atoms with Crippen molar-refractivity contribution >= 4 is 23.7 Å². The molecule has 1 unspecified atom stereocenters. The Labute approximate surface area is 191 Å². The number of carbonyl (C=O) groups excluding carboxylic acids is 4. The highest BCUT2D eigenvalue weighted by Gasteiger charge is 2.52. The van der Waals surface area contributed by atoms with Crippen molar-refractivity contribution < 1.29 is 23.9 Å². The second-order valence-electron chi connectivity index (χ2n) is 7.75. The molecule has 0 radical (unpaired) electrons. The summed E-state index contributed by atoms with van der Waals surface area (Å²) in [4.78, 5) is 52.2. The number of Topliss-reactive ketones (excluding diaryl/α,β-unsaturated/α-hetero) is 1. The van der Waals surface area contributed by atoms with Crippen molar-refractivity contribution in [3.05, 3.63) is 107 Å². The van der Waals surface area contributed by atoms with E-state index < -0.39 is 35.8 Å². The normalized spacial score (nSPS) is 17.5. The molecule has 7 nitrogen and oxygen atoms in total. The largest absolute Gasteiger partial charge is 0.465 e. The second kappa shape index (κ2) is 9.08. The minimum Gasteiger partial charge on any atom is -0.465 e. The number of esters is 1. The van der Waals surface area contributed by atoms with Gasteiger partial charge in [-0.15, -0.1) is 0 Å². The van der Waals surface area contributed by atoms with Crippen molar-refractivity contribution in [3.8, 4) is 0 Å². The van der Waals surface area contributed by atoms with Crippen molar-refractivity contribution in [2.75, 3.05) is 13.7 Å². The lowest BCUT2D eigenvalue weighted by atomic mass is 9.83. The predicted molar refractivity (Wildman–Crippen MR) is 121 cm³/mol. The molecule has 33 heavy (non-hydrogen) atoms. The first-order valence-electron chi connectivity index (χ1n) is 10.4. The molecule has 1 aliphatic rings. The molecule has 0 bridgehead atoms. The van der Waals surface area contributed by atoms with E-state index in [0.29, 0.717) is 5.56 Å². The van der Waals surface area contributed by atoms with Crippen LogP contribution in [0.3, 0.4) is 0 Å². The van der Waals surface area contributed by atoms with Crippen LogP contribution in [-0.4, -0.2) is 42.2 Å². The van der Waals surface area contributed by atoms with Gasteiger partial charge in [-0.2, -0.15) is 0 Å². The van der Waals surface area contributed by atoms with Crippen molar-refractivity contribution in [2.24, 2.45) is 0 Å². The number of nitrogens with one attached hydrogen (secondary N) is 1. The van der Waals surface area contributed by atoms with Crippen molar-refractivity contribution in [3.63, 3.8) is 0 Å². The van der Waals surface area contributed by atoms with Crippen LogP contribution in [-0.2, 0) is 21.5 Å². The number of hydrogen-bond donors (Lipinski definition) is 1. The maximum atomic E-state index is 13.6. The standard InChI is InChI=1S/C26H22N2O5/c1-33-23(30)20-12-8-11-19(15-20)22(29)17-28-24(31)26(27-25(28)32,21-13-6-3-7-14-21)16-18-9-4-2-5-10-18/h2-15H,16-17H2,1H3,(H,27,32). The zero-order valence-corrected chi connectivity index (χ0v) is 18.0. The molecule has 1 aliphatic heterocycles. The molecule has 7 heteroatoms. The Morgan fingerprint density at radius 3 is 2.18 bits per heavy atom. The van der Waals surface area contributed by atoms with Gasteiger partial charge in [-0.25, -0.2) is 9.59 Å². The Kier molecular flexibility index (Phi) is 6.04. The summed E-state index contributed by atoms with van der Waals surface area (Å²) in [6.45, 7) is -0.446. The molecule has 3 amide bonds. The van der Waals surface area contributed by atoms with E-state index in [1.165, 1.54) is 25.3 Å². The fraction of sp³-hybridized carbons (Fsp3) is 0.154. The first-order chi connectivity index (χ1) is 15.9. The lowest BCUT2D eigenvalue weighted by Gasteiger charge is -2.27. The summed E-state index contributed by atoms with van der Waals surface area (Å²) in [7, 11) is 1.25. The fourth-order valence-corrected chi connectivity index (χ4v) is 3.98. The number of ketones is 1. The van der Waals surface area contributed by atoms with Gasteiger partial charge in [-0.05, 0) is 23.3 Å². The van der Waals surface area contributed by atoms with Gasteiger partial charge in [-0.3, -0.25) is 14.5 Å². The van der Waals surface area contributed by atoms with Crippen molar-refractivity contribution in [1.82, 2.24) is 10.2 Å². The number of amides is 3. The van der Waals surface area contributed by atoms with E-state index in [1.54, 1.807) is 30.3 Å². The maximum absolute atomic E-state index is 13.6. The third-order valence-electron chi connectivity index (χ3n) is 5.66. The molecular formula is C26H22N2O5. The van der Waals surface area contributed by atoms with Crippen LogP contribution < -0.4 is 5.32 Å². The lowest BCUT2D eigenvalue weighted by Crippen LogP contribution is -2.46. The van der Waals surface area contributed by atoms with Crippen LogP contribution in [0.5, 0.6) is 0 Å². The van der Waals surface area contributed by atoms with Crippen LogP contribution in [0.15, 0.2) is 84.9 Å². The first kappa shape index (κ1) is 22.0. The highest BCUT2D eigenvalue weighted by atomic mass is 16.5. The lowest BCUT2D eigenvalue weighted by molar-refractivity contribution is -0.131. The Morgan fingerprint density at radius 1 is 0.879 bits per heavy atom. The van der Waals surface area contributed by atoms with Gasteiger partial charge >= 0.3 is 12.0 Å². The summed E-state index contributed by atoms with van der Waals surface area (Å²) in [5, 5.41) is 2.84. The van der Waals surface area contributed by atoms with Crippen LogP contribution in [0.4, 0.5) is 4.79 Å². The number of ether oxygens (including phenoxy) is 1. The number of methoxy groups -OCH3 is 1. The summed E-state index contributed by atoms with van der Waals surface area (Å²) in [6.07, 6.45) is 0.241. The van der Waals surface area contributed by atoms with Gasteiger partial charge < -0.3 is 10.1 Å². The molecule has 0 saturated carbocycles. The third-order valence-corrected chi connectivity index (χ3v) is 5.66. The first-order valence-corrected chi connectivity index (χ1v) is 10.4. The molecule has 1 heterocycles. The molecule has 3 aromatic rings. The van der Waals surface area contributed by atoms with Crippen molar-refractivity contribution in [1.29, 1.82) is 0 Å². The second-order valence-corrected chi connectivity index (χ2v) is 7.75. The summed E-state index contributed by atoms with van der Waals surface area (Å²) < 4.78 is 4.69. The van der Waals surface area contributed by atoms with E-state index >= 15 is 0 Å². The molecule has 1 N–H and O–H groups in total. The SMILES string of the molecule is COC(=O)c1cccc(C(=O)CN2C(=O)NC(Cc3ccccc3)(c3ccccc3)C2=O)c1. The van der Waals surface area contributed by atoms with E-state index in [-0.39, 0.29) is 17.5 Å². The van der Waals surface area contributed by atoms with Gasteiger partial charge in [0.05, 0.1) is 19.2 Å². The highest BCUT2D eigenvalue weighted by molar-refractivity contribution is 6.11. The van der Waals surface area contributed by atoms with Gasteiger partial charge in [0, 0.05) is 12.0 Å². The van der Waals surface area contributed by atoms with Crippen LogP contribution in [0.2, 0.25) is 0 Å². The van der Waals surface area contributed by atoms with Gasteiger partial charge in [0.2, 0.25) is 0 Å². The summed E-state index contributed by atoms with van der Waals surface area (Å²) >= 11 is 0. The number of urea groups is 1. The van der Waals surface area contributed by atoms with Crippen LogP contribution in [0.25, 0.3) is 0 Å². The minimum absolute atomic E-state index is 0.207. The molecule has 4 rings (SSSR count). The van der Waals surface area contributed by atoms with Gasteiger partial charge in [0.15, 0.2) is 11.3 Å². The number of carbonyl (C=O) groups is 4. The van der Waals surface area contributed by atoms with Crippen molar-refractivity contribution in [2.45, 2.75) is 12.0 Å². The molecular weight excluding hydrogens is 420 g/mol. The molecule has 1 atom stereocenters. The van der Waals surface area contributed by atoms with Gasteiger partial charge in [-0.1, -0.05) is 72.8 Å². The summed E-state index contributed by atoms with van der Waals surface area (Å²) in [6, 6.07) is 23.7. The van der Waals surface area contributed by atoms with Crippen LogP contribution in [0.1, 0.15) is 31.8 Å². The van der Waals surface area contributed by atoms with E-state index in [1.807, 2.05) is 36.4 Å². The van der Waals surface area contributed by atoms with E-state index in [2.05, 4.69) is 5.32 Å². The summed E-state index contributed by atoms with van der Waals surface area (Å²) in [5.41, 5.74) is 0.597. The molecule has 166 valence electrons. The number of imide groups is 1. The van der Waals surface area contributed by atoms with E-state index in [9.17, 15) is 19.2 Å². The molecule has 1 fully saturated rings. The maximum Gasteiger partial charge on any atom is 0.337 e. The number of benzene rings is 3. The molecule has 3 aromatic carbocycles. The Morgan fingerprint density at radius 2 is 1.52 bits per heavy atom. The zero-order chi connectivity index (χ0) is 23.4. The fourth-order valence-electron chi connectivity index (χ4n) is 3.98. The number of rotatable bonds is 7. The quantitative estimate of drug-likeness (QED) is 0.344. The molecule has 0 aromatic heterocycles. The van der Waals surface area contributed by atoms with Gasteiger partial charge in [0.1, 0.15) is 0 Å². The van der Waals surface area contributed by atoms with E-state index in [4.69, 9.17) is 4.74 Å². The molecule has 0 spiro atoms. The van der Waals surface area contributed by atoms with Gasteiger partial charge in [0.25, 0.3) is 5.91 Å². The van der Waals surface area contributed by atoms with Crippen LogP contribution in [0, 0.1) is 0 Å². The third kappa shape index (κ3) is 4.25. The average molecular weight is 442 g/mol. The average Bonchev–Trinajstić information content (AvgIpc) is 3.09. The Balaban J connectivity index is 1.64. The topological polar surface area (TPSA) is 92.8 Å². The highest BCUT2D eigenvalue weighted by Crippen LogP contribution is 2.33. The monoisotopic (exact) mass is 442 g/mol. The van der Waals surface area contributed by atoms with Crippen LogP contribution >= 0.6 is 0 Å². The summed E-state index contributed by atoms with van der Waals surface area (Å²) in [5.74, 6) is -1.54. The Hall–Kier alpha value is -4.26. The number of nitrogens with zero attached hydrogens (tertiary/aromatic N) is 1. The molecule has 1 saturated heterocycles. The molecule has 0 aliphatic carbocycles. The Bertz CT molecular complexity index is 1210. The minimum atomic E-state index is -1.33. The zero-order valence-electron chi connectivity index (χ0n) is 18.0. The predicted octanol–water partition coefficient (Wildman–Crippen LogP) is 3.35. The smallest absolute Gasteiger partial charge is 0.337 e.